The maximum atomic E-state index is 13.2. The summed E-state index contributed by atoms with van der Waals surface area (Å²) >= 11 is 9.78. The molecule has 1 aliphatic rings. The monoisotopic (exact) mass is 477 g/mol. The van der Waals surface area contributed by atoms with Crippen LogP contribution in [0.3, 0.4) is 0 Å². The zero-order valence-electron chi connectivity index (χ0n) is 15.8. The molecule has 3 aromatic carbocycles. The summed E-state index contributed by atoms with van der Waals surface area (Å²) in [5.74, 6) is 0. The van der Waals surface area contributed by atoms with Crippen LogP contribution < -0.4 is 11.0 Å². The van der Waals surface area contributed by atoms with Crippen molar-refractivity contribution in [1.29, 1.82) is 0 Å². The second kappa shape index (κ2) is 7.74. The van der Waals surface area contributed by atoms with Crippen molar-refractivity contribution < 1.29 is 0 Å². The average molecular weight is 479 g/mol. The number of pyridine rings is 1. The number of nitrogens with zero attached hydrogens (tertiary/aromatic N) is 1. The minimum Gasteiger partial charge on any atom is -0.321 e. The summed E-state index contributed by atoms with van der Waals surface area (Å²) in [6.45, 7) is 0. The van der Waals surface area contributed by atoms with Crippen LogP contribution >= 0.6 is 27.5 Å². The third kappa shape index (κ3) is 3.44. The van der Waals surface area contributed by atoms with Crippen LogP contribution in [0.5, 0.6) is 0 Å². The molecule has 1 aromatic heterocycles. The van der Waals surface area contributed by atoms with Gasteiger partial charge in [0.25, 0.3) is 5.56 Å². The molecule has 6 heteroatoms. The molecule has 0 aliphatic carbocycles. The van der Waals surface area contributed by atoms with Gasteiger partial charge in [-0.2, -0.15) is 5.10 Å². The van der Waals surface area contributed by atoms with E-state index in [4.69, 9.17) is 11.6 Å². The van der Waals surface area contributed by atoms with Gasteiger partial charge in [-0.15, -0.1) is 0 Å². The second-order valence-corrected chi connectivity index (χ2v) is 8.61. The summed E-state index contributed by atoms with van der Waals surface area (Å²) in [7, 11) is 0. The molecule has 5 rings (SSSR count). The van der Waals surface area contributed by atoms with Crippen LogP contribution in [0.2, 0.25) is 5.02 Å². The minimum atomic E-state index is -0.152. The minimum absolute atomic E-state index is 0.0196. The molecule has 4 aromatic rings. The van der Waals surface area contributed by atoms with Gasteiger partial charge < -0.3 is 10.4 Å². The lowest BCUT2D eigenvalue weighted by Crippen LogP contribution is -2.20. The maximum absolute atomic E-state index is 13.2. The number of H-pyrrole nitrogens is 1. The van der Waals surface area contributed by atoms with Gasteiger partial charge in [-0.3, -0.25) is 4.79 Å². The molecule has 4 nitrogen and oxygen atoms in total. The highest BCUT2D eigenvalue weighted by Gasteiger charge is 2.26. The molecule has 0 amide bonds. The number of aromatic amines is 1. The summed E-state index contributed by atoms with van der Waals surface area (Å²) in [5.41, 5.74) is 8.07. The van der Waals surface area contributed by atoms with E-state index < -0.39 is 0 Å². The van der Waals surface area contributed by atoms with E-state index in [1.165, 1.54) is 0 Å². The first-order valence-electron chi connectivity index (χ1n) is 9.59. The standard InChI is InChI=1S/C24H17BrClN3O/c25-16-8-6-14(7-9-16)20-13-21(29-28-20)23-22(15-4-2-1-3-5-15)18-12-17(26)10-11-19(18)27-24(23)30/h1-12,20,28H,13H2,(H,27,30). The Balaban J connectivity index is 1.67. The SMILES string of the molecule is O=c1[nH]c2ccc(Cl)cc2c(-c2ccccc2)c1C1=NNC(c2ccc(Br)cc2)C1. The van der Waals surface area contributed by atoms with Crippen molar-refractivity contribution in [1.82, 2.24) is 10.4 Å². The average Bonchev–Trinajstić information content (AvgIpc) is 3.24. The van der Waals surface area contributed by atoms with Crippen molar-refractivity contribution in [3.63, 3.8) is 0 Å². The molecule has 0 bridgehead atoms. The quantitative estimate of drug-likeness (QED) is 0.376. The first-order valence-corrected chi connectivity index (χ1v) is 10.8. The highest BCUT2D eigenvalue weighted by molar-refractivity contribution is 9.10. The topological polar surface area (TPSA) is 57.2 Å². The molecule has 1 atom stereocenters. The number of hydrogen-bond acceptors (Lipinski definition) is 3. The van der Waals surface area contributed by atoms with Gasteiger partial charge in [0.15, 0.2) is 0 Å². The van der Waals surface area contributed by atoms with Crippen molar-refractivity contribution in [2.45, 2.75) is 12.5 Å². The fraction of sp³-hybridized carbons (Fsp3) is 0.0833. The number of rotatable bonds is 3. The van der Waals surface area contributed by atoms with Crippen LogP contribution in [0.25, 0.3) is 22.0 Å². The van der Waals surface area contributed by atoms with Gasteiger partial charge in [0.2, 0.25) is 0 Å². The van der Waals surface area contributed by atoms with Gasteiger partial charge in [0, 0.05) is 32.4 Å². The highest BCUT2D eigenvalue weighted by Crippen LogP contribution is 2.34. The predicted octanol–water partition coefficient (Wildman–Crippen LogP) is 6.05. The van der Waals surface area contributed by atoms with Gasteiger partial charge in [0.05, 0.1) is 17.3 Å². The first kappa shape index (κ1) is 19.1. The normalized spacial score (nSPS) is 15.8. The summed E-state index contributed by atoms with van der Waals surface area (Å²) in [4.78, 5) is 16.2. The molecular formula is C24H17BrClN3O. The third-order valence-corrected chi connectivity index (χ3v) is 6.12. The smallest absolute Gasteiger partial charge is 0.258 e. The molecule has 2 N–H and O–H groups in total. The van der Waals surface area contributed by atoms with E-state index in [0.717, 1.165) is 37.8 Å². The first-order chi connectivity index (χ1) is 14.6. The Labute approximate surface area is 186 Å². The molecule has 0 saturated carbocycles. The third-order valence-electron chi connectivity index (χ3n) is 5.35. The lowest BCUT2D eigenvalue weighted by Gasteiger charge is -2.14. The Morgan fingerprint density at radius 2 is 1.73 bits per heavy atom. The fourth-order valence-corrected chi connectivity index (χ4v) is 4.37. The molecule has 1 unspecified atom stereocenters. The molecule has 0 radical (unpaired) electrons. The summed E-state index contributed by atoms with van der Waals surface area (Å²) < 4.78 is 1.03. The Hall–Kier alpha value is -2.89. The van der Waals surface area contributed by atoms with Gasteiger partial charge in [-0.25, -0.2) is 0 Å². The zero-order valence-corrected chi connectivity index (χ0v) is 18.2. The van der Waals surface area contributed by atoms with Crippen molar-refractivity contribution in [2.24, 2.45) is 5.10 Å². The van der Waals surface area contributed by atoms with Crippen molar-refractivity contribution in [2.75, 3.05) is 0 Å². The number of halogens is 2. The van der Waals surface area contributed by atoms with Crippen LogP contribution in [-0.4, -0.2) is 10.7 Å². The number of nitrogens with one attached hydrogen (secondary N) is 2. The lowest BCUT2D eigenvalue weighted by molar-refractivity contribution is 0.620. The van der Waals surface area contributed by atoms with Gasteiger partial charge in [-0.1, -0.05) is 70.0 Å². The molecular weight excluding hydrogens is 462 g/mol. The fourth-order valence-electron chi connectivity index (χ4n) is 3.93. The van der Waals surface area contributed by atoms with Crippen molar-refractivity contribution in [3.05, 3.63) is 104 Å². The number of aromatic nitrogens is 1. The number of hydrogen-bond donors (Lipinski definition) is 2. The van der Waals surface area contributed by atoms with Crippen LogP contribution in [0.4, 0.5) is 0 Å². The predicted molar refractivity (Wildman–Crippen MR) is 126 cm³/mol. The zero-order chi connectivity index (χ0) is 20.7. The Morgan fingerprint density at radius 1 is 0.967 bits per heavy atom. The molecule has 0 fully saturated rings. The van der Waals surface area contributed by atoms with E-state index in [2.05, 4.69) is 43.6 Å². The Kier molecular flexibility index (Phi) is 4.93. The van der Waals surface area contributed by atoms with Crippen LogP contribution in [0.1, 0.15) is 23.6 Å². The van der Waals surface area contributed by atoms with Crippen LogP contribution in [0.15, 0.2) is 87.2 Å². The van der Waals surface area contributed by atoms with Crippen molar-refractivity contribution >= 4 is 44.1 Å². The summed E-state index contributed by atoms with van der Waals surface area (Å²) in [6, 6.07) is 23.6. The summed E-state index contributed by atoms with van der Waals surface area (Å²) in [6.07, 6.45) is 0.622. The Morgan fingerprint density at radius 3 is 2.50 bits per heavy atom. The molecule has 0 spiro atoms. The van der Waals surface area contributed by atoms with Crippen LogP contribution in [-0.2, 0) is 0 Å². The van der Waals surface area contributed by atoms with Gasteiger partial charge in [0.1, 0.15) is 0 Å². The van der Waals surface area contributed by atoms with Gasteiger partial charge >= 0.3 is 0 Å². The number of hydrazone groups is 1. The van der Waals surface area contributed by atoms with E-state index in [1.807, 2.05) is 54.6 Å². The van der Waals surface area contributed by atoms with E-state index in [-0.39, 0.29) is 11.6 Å². The van der Waals surface area contributed by atoms with Crippen LogP contribution in [0, 0.1) is 0 Å². The molecule has 2 heterocycles. The highest BCUT2D eigenvalue weighted by atomic mass is 79.9. The lowest BCUT2D eigenvalue weighted by atomic mass is 9.91. The van der Waals surface area contributed by atoms with E-state index in [0.29, 0.717) is 17.0 Å². The van der Waals surface area contributed by atoms with E-state index >= 15 is 0 Å². The molecule has 30 heavy (non-hydrogen) atoms. The number of fused-ring (bicyclic) bond motifs is 1. The maximum Gasteiger partial charge on any atom is 0.258 e. The number of benzene rings is 3. The second-order valence-electron chi connectivity index (χ2n) is 7.26. The Bertz CT molecular complexity index is 1330. The molecule has 1 aliphatic heterocycles. The van der Waals surface area contributed by atoms with Gasteiger partial charge in [-0.05, 0) is 41.5 Å². The molecule has 148 valence electrons. The van der Waals surface area contributed by atoms with E-state index in [1.54, 1.807) is 6.07 Å². The largest absolute Gasteiger partial charge is 0.321 e. The van der Waals surface area contributed by atoms with Crippen molar-refractivity contribution in [3.8, 4) is 11.1 Å². The van der Waals surface area contributed by atoms with E-state index in [9.17, 15) is 4.79 Å². The molecule has 0 saturated heterocycles. The summed E-state index contributed by atoms with van der Waals surface area (Å²) in [5, 5.41) is 6.09.